The van der Waals surface area contributed by atoms with Crippen molar-refractivity contribution in [2.45, 2.75) is 32.3 Å². The molecule has 0 aliphatic heterocycles. The van der Waals surface area contributed by atoms with E-state index >= 15 is 0 Å². The highest BCUT2D eigenvalue weighted by molar-refractivity contribution is 5.76. The van der Waals surface area contributed by atoms with E-state index in [1.54, 1.807) is 11.9 Å². The fourth-order valence-corrected chi connectivity index (χ4v) is 1.66. The van der Waals surface area contributed by atoms with Crippen LogP contribution < -0.4 is 5.73 Å². The molecule has 18 heavy (non-hydrogen) atoms. The number of hydrogen-bond acceptors (Lipinski definition) is 4. The number of carbonyl (C=O) groups excluding carboxylic acids is 1. The van der Waals surface area contributed by atoms with Crippen LogP contribution in [0.15, 0.2) is 0 Å². The summed E-state index contributed by atoms with van der Waals surface area (Å²) in [6.45, 7) is 4.96. The number of carbonyl (C=O) groups is 1. The largest absolute Gasteiger partial charge is 0.379 e. The molecule has 5 nitrogen and oxygen atoms in total. The van der Waals surface area contributed by atoms with Crippen LogP contribution in [0.25, 0.3) is 0 Å². The molecule has 0 aromatic heterocycles. The van der Waals surface area contributed by atoms with Crippen LogP contribution in [0.1, 0.15) is 26.2 Å². The zero-order valence-electron chi connectivity index (χ0n) is 11.6. The molecule has 0 heterocycles. The molecule has 0 aromatic carbocycles. The van der Waals surface area contributed by atoms with E-state index in [4.69, 9.17) is 15.2 Å². The zero-order valence-corrected chi connectivity index (χ0v) is 11.6. The summed E-state index contributed by atoms with van der Waals surface area (Å²) in [5, 5.41) is 0. The lowest BCUT2D eigenvalue weighted by Crippen LogP contribution is -2.35. The quantitative estimate of drug-likeness (QED) is 0.584. The summed E-state index contributed by atoms with van der Waals surface area (Å²) < 4.78 is 10.9. The van der Waals surface area contributed by atoms with Gasteiger partial charge in [0.15, 0.2) is 0 Å². The van der Waals surface area contributed by atoms with Crippen molar-refractivity contribution in [3.05, 3.63) is 0 Å². The summed E-state index contributed by atoms with van der Waals surface area (Å²) >= 11 is 0. The molecule has 1 fully saturated rings. The number of nitrogens with two attached hydrogens (primary N) is 1. The Labute approximate surface area is 110 Å². The average molecular weight is 258 g/mol. The molecule has 1 atom stereocenters. The van der Waals surface area contributed by atoms with Crippen molar-refractivity contribution in [1.29, 1.82) is 0 Å². The van der Waals surface area contributed by atoms with Crippen LogP contribution in [0.5, 0.6) is 0 Å². The van der Waals surface area contributed by atoms with Crippen molar-refractivity contribution in [3.63, 3.8) is 0 Å². The van der Waals surface area contributed by atoms with E-state index in [0.29, 0.717) is 32.7 Å². The third-order valence-corrected chi connectivity index (χ3v) is 3.11. The fourth-order valence-electron chi connectivity index (χ4n) is 1.66. The molecule has 1 aliphatic carbocycles. The van der Waals surface area contributed by atoms with Gasteiger partial charge in [-0.2, -0.15) is 0 Å². The van der Waals surface area contributed by atoms with Crippen LogP contribution in [-0.2, 0) is 14.3 Å². The second-order valence-electron chi connectivity index (χ2n) is 4.85. The van der Waals surface area contributed by atoms with Crippen LogP contribution >= 0.6 is 0 Å². The number of ether oxygens (including phenoxy) is 2. The van der Waals surface area contributed by atoms with E-state index in [0.717, 1.165) is 12.5 Å². The van der Waals surface area contributed by atoms with Crippen molar-refractivity contribution >= 4 is 5.91 Å². The number of rotatable bonds is 10. The van der Waals surface area contributed by atoms with E-state index < -0.39 is 0 Å². The van der Waals surface area contributed by atoms with Gasteiger partial charge in [0.25, 0.3) is 0 Å². The van der Waals surface area contributed by atoms with Gasteiger partial charge in [0.05, 0.1) is 19.1 Å². The molecule has 1 saturated carbocycles. The van der Waals surface area contributed by atoms with E-state index in [1.165, 1.54) is 12.8 Å². The third kappa shape index (κ3) is 6.33. The standard InChI is InChI=1S/C13H26N2O3/c1-3-18-12(9-14)8-13(16)15(2)6-7-17-10-11-4-5-11/h11-12H,3-10,14H2,1-2H3. The number of hydrogen-bond donors (Lipinski definition) is 1. The minimum absolute atomic E-state index is 0.0638. The van der Waals surface area contributed by atoms with Crippen LogP contribution in [-0.4, -0.2) is 56.9 Å². The summed E-state index contributed by atoms with van der Waals surface area (Å²) in [5.41, 5.74) is 5.55. The molecule has 1 amide bonds. The monoisotopic (exact) mass is 258 g/mol. The molecule has 1 aliphatic rings. The van der Waals surface area contributed by atoms with Crippen LogP contribution in [0, 0.1) is 5.92 Å². The Balaban J connectivity index is 2.09. The Morgan fingerprint density at radius 3 is 2.78 bits per heavy atom. The van der Waals surface area contributed by atoms with Gasteiger partial charge in [0, 0.05) is 33.4 Å². The summed E-state index contributed by atoms with van der Waals surface area (Å²) in [7, 11) is 1.79. The van der Waals surface area contributed by atoms with Crippen molar-refractivity contribution in [2.24, 2.45) is 11.7 Å². The molecule has 1 rings (SSSR count). The lowest BCUT2D eigenvalue weighted by Gasteiger charge is -2.20. The first-order valence-electron chi connectivity index (χ1n) is 6.80. The third-order valence-electron chi connectivity index (χ3n) is 3.11. The highest BCUT2D eigenvalue weighted by Crippen LogP contribution is 2.28. The molecule has 1 unspecified atom stereocenters. The van der Waals surface area contributed by atoms with Gasteiger partial charge in [-0.15, -0.1) is 0 Å². The summed E-state index contributed by atoms with van der Waals surface area (Å²) in [6.07, 6.45) is 2.77. The second-order valence-corrected chi connectivity index (χ2v) is 4.85. The van der Waals surface area contributed by atoms with Crippen LogP contribution in [0.4, 0.5) is 0 Å². The predicted octanol–water partition coefficient (Wildman–Crippen LogP) is 0.625. The Morgan fingerprint density at radius 2 is 2.22 bits per heavy atom. The molecule has 0 aromatic rings. The first-order valence-corrected chi connectivity index (χ1v) is 6.80. The first-order chi connectivity index (χ1) is 8.67. The summed E-state index contributed by atoms with van der Waals surface area (Å²) in [6, 6.07) is 0. The lowest BCUT2D eigenvalue weighted by molar-refractivity contribution is -0.133. The highest BCUT2D eigenvalue weighted by Gasteiger charge is 2.21. The molecule has 0 saturated heterocycles. The van der Waals surface area contributed by atoms with Crippen LogP contribution in [0.2, 0.25) is 0 Å². The molecular weight excluding hydrogens is 232 g/mol. The van der Waals surface area contributed by atoms with Gasteiger partial charge in [-0.25, -0.2) is 0 Å². The van der Waals surface area contributed by atoms with Crippen LogP contribution in [0.3, 0.4) is 0 Å². The number of nitrogens with zero attached hydrogens (tertiary/aromatic N) is 1. The fraction of sp³-hybridized carbons (Fsp3) is 0.923. The topological polar surface area (TPSA) is 64.8 Å². The summed E-state index contributed by atoms with van der Waals surface area (Å²) in [5.74, 6) is 0.833. The maximum Gasteiger partial charge on any atom is 0.225 e. The molecule has 106 valence electrons. The molecule has 0 radical (unpaired) electrons. The van der Waals surface area contributed by atoms with E-state index in [9.17, 15) is 4.79 Å². The first kappa shape index (κ1) is 15.4. The number of amides is 1. The van der Waals surface area contributed by atoms with Crippen molar-refractivity contribution in [1.82, 2.24) is 4.90 Å². The van der Waals surface area contributed by atoms with E-state index in [1.807, 2.05) is 6.92 Å². The van der Waals surface area contributed by atoms with Gasteiger partial charge in [-0.3, -0.25) is 4.79 Å². The van der Waals surface area contributed by atoms with Gasteiger partial charge in [0.2, 0.25) is 5.91 Å². The van der Waals surface area contributed by atoms with E-state index in [2.05, 4.69) is 0 Å². The average Bonchev–Trinajstić information content (AvgIpc) is 3.17. The highest BCUT2D eigenvalue weighted by atomic mass is 16.5. The smallest absolute Gasteiger partial charge is 0.225 e. The molecule has 5 heteroatoms. The Morgan fingerprint density at radius 1 is 1.50 bits per heavy atom. The lowest BCUT2D eigenvalue weighted by atomic mass is 10.2. The van der Waals surface area contributed by atoms with E-state index in [-0.39, 0.29) is 12.0 Å². The molecule has 0 bridgehead atoms. The summed E-state index contributed by atoms with van der Waals surface area (Å²) in [4.78, 5) is 13.6. The van der Waals surface area contributed by atoms with Gasteiger partial charge >= 0.3 is 0 Å². The molecule has 0 spiro atoms. The molecular formula is C13H26N2O3. The van der Waals surface area contributed by atoms with Gasteiger partial charge < -0.3 is 20.1 Å². The zero-order chi connectivity index (χ0) is 13.4. The maximum absolute atomic E-state index is 11.9. The molecule has 2 N–H and O–H groups in total. The van der Waals surface area contributed by atoms with Gasteiger partial charge in [-0.1, -0.05) is 0 Å². The minimum Gasteiger partial charge on any atom is -0.379 e. The second kappa shape index (κ2) is 8.45. The normalized spacial score (nSPS) is 16.6. The minimum atomic E-state index is -0.169. The van der Waals surface area contributed by atoms with Crippen molar-refractivity contribution in [3.8, 4) is 0 Å². The predicted molar refractivity (Wildman–Crippen MR) is 70.3 cm³/mol. The SMILES string of the molecule is CCOC(CN)CC(=O)N(C)CCOCC1CC1. The Kier molecular flexibility index (Phi) is 7.23. The van der Waals surface area contributed by atoms with Crippen molar-refractivity contribution in [2.75, 3.05) is 40.0 Å². The maximum atomic E-state index is 11.9. The van der Waals surface area contributed by atoms with Gasteiger partial charge in [0.1, 0.15) is 0 Å². The Bertz CT molecular complexity index is 244. The van der Waals surface area contributed by atoms with Gasteiger partial charge in [-0.05, 0) is 25.7 Å². The number of likely N-dealkylation sites (N-methyl/N-ethyl adjacent to an activating group) is 1. The Hall–Kier alpha value is -0.650. The van der Waals surface area contributed by atoms with Crippen molar-refractivity contribution < 1.29 is 14.3 Å².